The Morgan fingerprint density at radius 2 is 1.77 bits per heavy atom. The summed E-state index contributed by atoms with van der Waals surface area (Å²) in [6.45, 7) is 0.830. The van der Waals surface area contributed by atoms with Gasteiger partial charge in [0.15, 0.2) is 0 Å². The third-order valence-corrected chi connectivity index (χ3v) is 2.34. The van der Waals surface area contributed by atoms with Crippen molar-refractivity contribution >= 4 is 0 Å². The second kappa shape index (κ2) is 3.49. The Kier molecular flexibility index (Phi) is 2.91. The molecule has 5 atom stereocenters. The van der Waals surface area contributed by atoms with E-state index in [0.29, 0.717) is 0 Å². The van der Waals surface area contributed by atoms with Crippen LogP contribution in [0.1, 0.15) is 6.92 Å². The van der Waals surface area contributed by atoms with Gasteiger partial charge in [-0.25, -0.2) is 0 Å². The molecule has 0 aromatic carbocycles. The average molecular weight is 193 g/mol. The van der Waals surface area contributed by atoms with Crippen LogP contribution in [0.4, 0.5) is 0 Å². The van der Waals surface area contributed by atoms with E-state index in [2.05, 4.69) is 5.32 Å². The molecule has 6 heteroatoms. The lowest BCUT2D eigenvalue weighted by atomic mass is 9.89. The molecule has 1 heterocycles. The Bertz CT molecular complexity index is 184. The largest absolute Gasteiger partial charge is 0.395 e. The first-order chi connectivity index (χ1) is 5.90. The summed E-state index contributed by atoms with van der Waals surface area (Å²) in [5.41, 5.74) is -1.70. The number of aliphatic hydroxyl groups is 5. The maximum atomic E-state index is 9.49. The van der Waals surface area contributed by atoms with E-state index in [1.807, 2.05) is 0 Å². The van der Waals surface area contributed by atoms with Crippen LogP contribution in [0, 0.1) is 0 Å². The summed E-state index contributed by atoms with van der Waals surface area (Å²) >= 11 is 0. The molecule has 3 unspecified atom stereocenters. The van der Waals surface area contributed by atoms with E-state index >= 15 is 0 Å². The highest BCUT2D eigenvalue weighted by Crippen LogP contribution is 2.21. The Morgan fingerprint density at radius 1 is 1.23 bits per heavy atom. The van der Waals surface area contributed by atoms with Crippen molar-refractivity contribution in [1.29, 1.82) is 0 Å². The van der Waals surface area contributed by atoms with Crippen molar-refractivity contribution in [3.63, 3.8) is 0 Å². The molecule has 0 bridgehead atoms. The first kappa shape index (κ1) is 10.8. The zero-order chi connectivity index (χ0) is 10.2. The molecule has 0 saturated carbocycles. The van der Waals surface area contributed by atoms with E-state index in [9.17, 15) is 20.4 Å². The van der Waals surface area contributed by atoms with Gasteiger partial charge in [-0.3, -0.25) is 5.32 Å². The summed E-state index contributed by atoms with van der Waals surface area (Å²) in [6.07, 6.45) is -4.24. The van der Waals surface area contributed by atoms with Crippen LogP contribution in [0.5, 0.6) is 0 Å². The summed E-state index contributed by atoms with van der Waals surface area (Å²) < 4.78 is 0. The molecule has 1 aliphatic heterocycles. The molecule has 6 N–H and O–H groups in total. The van der Waals surface area contributed by atoms with Crippen LogP contribution in [0.3, 0.4) is 0 Å². The summed E-state index contributed by atoms with van der Waals surface area (Å²) in [5, 5.41) is 48.5. The van der Waals surface area contributed by atoms with Gasteiger partial charge in [0, 0.05) is 0 Å². The van der Waals surface area contributed by atoms with Gasteiger partial charge in [0.05, 0.1) is 12.6 Å². The molecule has 13 heavy (non-hydrogen) atoms. The standard InChI is InChI=1S/C7H15NO5/c1-7(13)6(12)5(11)4(10)3(2-9)8-7/h3-6,8-13H,2H2,1H3/t3-,4?,5?,6?,7-/m1/s1. The average Bonchev–Trinajstić information content (AvgIpc) is 2.08. The van der Waals surface area contributed by atoms with Crippen molar-refractivity contribution in [1.82, 2.24) is 5.32 Å². The molecule has 0 radical (unpaired) electrons. The van der Waals surface area contributed by atoms with Crippen LogP contribution < -0.4 is 5.32 Å². The molecule has 6 nitrogen and oxygen atoms in total. The predicted molar refractivity (Wildman–Crippen MR) is 42.7 cm³/mol. The molecule has 0 amide bonds. The van der Waals surface area contributed by atoms with Crippen molar-refractivity contribution < 1.29 is 25.5 Å². The van der Waals surface area contributed by atoms with E-state index in [4.69, 9.17) is 5.11 Å². The first-order valence-corrected chi connectivity index (χ1v) is 4.05. The second-order valence-corrected chi connectivity index (χ2v) is 3.51. The maximum absolute atomic E-state index is 9.49. The molecule has 1 rings (SSSR count). The van der Waals surface area contributed by atoms with E-state index in [1.165, 1.54) is 6.92 Å². The quantitative estimate of drug-likeness (QED) is 0.261. The SMILES string of the molecule is C[C@]1(O)N[C@H](CO)C(O)C(O)C1O. The molecule has 1 aliphatic rings. The summed E-state index contributed by atoms with van der Waals surface area (Å²) in [7, 11) is 0. The summed E-state index contributed by atoms with van der Waals surface area (Å²) in [5.74, 6) is 0. The van der Waals surface area contributed by atoms with E-state index in [-0.39, 0.29) is 0 Å². The fourth-order valence-corrected chi connectivity index (χ4v) is 1.46. The molecule has 78 valence electrons. The monoisotopic (exact) mass is 193 g/mol. The third-order valence-electron chi connectivity index (χ3n) is 2.34. The van der Waals surface area contributed by atoms with E-state index < -0.39 is 36.7 Å². The smallest absolute Gasteiger partial charge is 0.142 e. The number of hydrogen-bond donors (Lipinski definition) is 6. The van der Waals surface area contributed by atoms with E-state index in [1.54, 1.807) is 0 Å². The van der Waals surface area contributed by atoms with Crippen molar-refractivity contribution in [2.24, 2.45) is 0 Å². The molecule has 0 aliphatic carbocycles. The van der Waals surface area contributed by atoms with Gasteiger partial charge in [0.2, 0.25) is 0 Å². The zero-order valence-corrected chi connectivity index (χ0v) is 7.25. The van der Waals surface area contributed by atoms with Crippen LogP contribution in [0.25, 0.3) is 0 Å². The number of rotatable bonds is 1. The van der Waals surface area contributed by atoms with Crippen molar-refractivity contribution in [2.45, 2.75) is 37.0 Å². The minimum absolute atomic E-state index is 0.429. The minimum atomic E-state index is -1.70. The maximum Gasteiger partial charge on any atom is 0.142 e. The molecule has 0 aromatic heterocycles. The van der Waals surface area contributed by atoms with Crippen LogP contribution in [0.2, 0.25) is 0 Å². The summed E-state index contributed by atoms with van der Waals surface area (Å²) in [4.78, 5) is 0. The Balaban J connectivity index is 2.79. The number of aliphatic hydroxyl groups excluding tert-OH is 4. The minimum Gasteiger partial charge on any atom is -0.395 e. The highest BCUT2D eigenvalue weighted by molar-refractivity contribution is 5.00. The van der Waals surface area contributed by atoms with Gasteiger partial charge in [-0.05, 0) is 6.92 Å². The van der Waals surface area contributed by atoms with Crippen molar-refractivity contribution in [2.75, 3.05) is 6.61 Å². The molecular weight excluding hydrogens is 178 g/mol. The molecule has 0 aromatic rings. The number of piperidine rings is 1. The third kappa shape index (κ3) is 1.83. The topological polar surface area (TPSA) is 113 Å². The Labute approximate surface area is 75.4 Å². The van der Waals surface area contributed by atoms with Crippen molar-refractivity contribution in [3.05, 3.63) is 0 Å². The van der Waals surface area contributed by atoms with Crippen LogP contribution in [0.15, 0.2) is 0 Å². The first-order valence-electron chi connectivity index (χ1n) is 4.05. The van der Waals surface area contributed by atoms with Gasteiger partial charge in [0.25, 0.3) is 0 Å². The fraction of sp³-hybridized carbons (Fsp3) is 1.00. The lowest BCUT2D eigenvalue weighted by molar-refractivity contribution is -0.204. The van der Waals surface area contributed by atoms with Crippen LogP contribution in [-0.2, 0) is 0 Å². The lowest BCUT2D eigenvalue weighted by Gasteiger charge is -2.44. The van der Waals surface area contributed by atoms with Gasteiger partial charge < -0.3 is 25.5 Å². The Morgan fingerprint density at radius 3 is 2.23 bits per heavy atom. The fourth-order valence-electron chi connectivity index (χ4n) is 1.46. The highest BCUT2D eigenvalue weighted by Gasteiger charge is 2.47. The van der Waals surface area contributed by atoms with Crippen molar-refractivity contribution in [3.8, 4) is 0 Å². The van der Waals surface area contributed by atoms with Gasteiger partial charge in [-0.1, -0.05) is 0 Å². The molecular formula is C7H15NO5. The normalized spacial score (nSPS) is 52.2. The summed E-state index contributed by atoms with van der Waals surface area (Å²) in [6, 6.07) is -0.839. The van der Waals surface area contributed by atoms with Gasteiger partial charge in [0.1, 0.15) is 24.0 Å². The van der Waals surface area contributed by atoms with Gasteiger partial charge in [-0.2, -0.15) is 0 Å². The number of nitrogens with one attached hydrogen (secondary N) is 1. The second-order valence-electron chi connectivity index (χ2n) is 3.51. The van der Waals surface area contributed by atoms with E-state index in [0.717, 1.165) is 0 Å². The van der Waals surface area contributed by atoms with Crippen LogP contribution >= 0.6 is 0 Å². The highest BCUT2D eigenvalue weighted by atomic mass is 16.4. The van der Waals surface area contributed by atoms with Crippen LogP contribution in [-0.4, -0.2) is 62.2 Å². The molecule has 1 fully saturated rings. The predicted octanol–water partition coefficient (Wildman–Crippen LogP) is -3.26. The lowest BCUT2D eigenvalue weighted by Crippen LogP contribution is -2.71. The number of hydrogen-bond acceptors (Lipinski definition) is 6. The van der Waals surface area contributed by atoms with Gasteiger partial charge in [-0.15, -0.1) is 0 Å². The van der Waals surface area contributed by atoms with Gasteiger partial charge >= 0.3 is 0 Å². The Hall–Kier alpha value is -0.240. The molecule has 0 spiro atoms. The zero-order valence-electron chi connectivity index (χ0n) is 7.25. The molecule has 1 saturated heterocycles.